The SMILES string of the molecule is CC(C)c1ccc(Nc2nc3cc(Br)ccc3n2[C@@H]2C[C@H](C)CC(C)(C)C2)cc1. The Morgan fingerprint density at radius 3 is 2.48 bits per heavy atom. The average molecular weight is 454 g/mol. The molecule has 3 aromatic rings. The van der Waals surface area contributed by atoms with Gasteiger partial charge in [0, 0.05) is 16.2 Å². The summed E-state index contributed by atoms with van der Waals surface area (Å²) in [5.41, 5.74) is 5.05. The van der Waals surface area contributed by atoms with Crippen molar-refractivity contribution in [1.82, 2.24) is 9.55 Å². The van der Waals surface area contributed by atoms with Crippen molar-refractivity contribution in [3.05, 3.63) is 52.5 Å². The molecule has 4 rings (SSSR count). The lowest BCUT2D eigenvalue weighted by Gasteiger charge is -2.40. The lowest BCUT2D eigenvalue weighted by molar-refractivity contribution is 0.140. The number of fused-ring (bicyclic) bond motifs is 1. The number of nitrogens with one attached hydrogen (secondary N) is 1. The fourth-order valence-electron chi connectivity index (χ4n) is 5.10. The highest BCUT2D eigenvalue weighted by Gasteiger charge is 2.34. The van der Waals surface area contributed by atoms with Gasteiger partial charge in [-0.05, 0) is 72.4 Å². The molecule has 0 radical (unpaired) electrons. The molecule has 1 aliphatic carbocycles. The Morgan fingerprint density at radius 1 is 1.10 bits per heavy atom. The minimum Gasteiger partial charge on any atom is -0.326 e. The van der Waals surface area contributed by atoms with Gasteiger partial charge in [-0.3, -0.25) is 0 Å². The van der Waals surface area contributed by atoms with E-state index in [-0.39, 0.29) is 0 Å². The largest absolute Gasteiger partial charge is 0.326 e. The van der Waals surface area contributed by atoms with Crippen LogP contribution in [0, 0.1) is 11.3 Å². The number of anilines is 2. The number of imidazole rings is 1. The van der Waals surface area contributed by atoms with Crippen molar-refractivity contribution in [1.29, 1.82) is 0 Å². The molecule has 0 spiro atoms. The van der Waals surface area contributed by atoms with Crippen molar-refractivity contribution >= 4 is 38.6 Å². The quantitative estimate of drug-likeness (QED) is 0.432. The highest BCUT2D eigenvalue weighted by atomic mass is 79.9. The second-order valence-electron chi connectivity index (χ2n) is 9.91. The van der Waals surface area contributed by atoms with Gasteiger partial charge in [-0.15, -0.1) is 0 Å². The number of rotatable bonds is 4. The summed E-state index contributed by atoms with van der Waals surface area (Å²) in [6.07, 6.45) is 3.67. The minimum atomic E-state index is 0.352. The maximum atomic E-state index is 5.00. The highest BCUT2D eigenvalue weighted by molar-refractivity contribution is 9.10. The smallest absolute Gasteiger partial charge is 0.208 e. The van der Waals surface area contributed by atoms with Crippen molar-refractivity contribution in [2.24, 2.45) is 11.3 Å². The van der Waals surface area contributed by atoms with Crippen LogP contribution in [-0.2, 0) is 0 Å². The van der Waals surface area contributed by atoms with Crippen LogP contribution < -0.4 is 5.32 Å². The third-order valence-electron chi connectivity index (χ3n) is 6.21. The van der Waals surface area contributed by atoms with Crippen LogP contribution in [0.2, 0.25) is 0 Å². The van der Waals surface area contributed by atoms with Gasteiger partial charge in [0.25, 0.3) is 0 Å². The van der Waals surface area contributed by atoms with E-state index in [9.17, 15) is 0 Å². The monoisotopic (exact) mass is 453 g/mol. The van der Waals surface area contributed by atoms with E-state index in [4.69, 9.17) is 4.98 Å². The summed E-state index contributed by atoms with van der Waals surface area (Å²) in [4.78, 5) is 5.00. The minimum absolute atomic E-state index is 0.352. The molecule has 2 atom stereocenters. The molecular formula is C25H32BrN3. The van der Waals surface area contributed by atoms with Crippen LogP contribution in [0.25, 0.3) is 11.0 Å². The second kappa shape index (κ2) is 7.79. The summed E-state index contributed by atoms with van der Waals surface area (Å²) >= 11 is 3.61. The summed E-state index contributed by atoms with van der Waals surface area (Å²) in [6, 6.07) is 15.7. The van der Waals surface area contributed by atoms with Crippen LogP contribution in [0.1, 0.15) is 71.4 Å². The van der Waals surface area contributed by atoms with Gasteiger partial charge < -0.3 is 9.88 Å². The molecule has 0 bridgehead atoms. The van der Waals surface area contributed by atoms with Gasteiger partial charge in [-0.1, -0.05) is 62.7 Å². The molecule has 1 aliphatic rings. The van der Waals surface area contributed by atoms with Gasteiger partial charge in [0.2, 0.25) is 5.95 Å². The van der Waals surface area contributed by atoms with Crippen LogP contribution in [0.3, 0.4) is 0 Å². The van der Waals surface area contributed by atoms with E-state index in [2.05, 4.69) is 103 Å². The predicted molar refractivity (Wildman–Crippen MR) is 127 cm³/mol. The van der Waals surface area contributed by atoms with E-state index in [0.717, 1.165) is 27.5 Å². The van der Waals surface area contributed by atoms with Gasteiger partial charge in [-0.25, -0.2) is 4.98 Å². The molecule has 1 heterocycles. The van der Waals surface area contributed by atoms with E-state index < -0.39 is 0 Å². The zero-order valence-corrected chi connectivity index (χ0v) is 19.8. The van der Waals surface area contributed by atoms with E-state index in [1.807, 2.05) is 0 Å². The van der Waals surface area contributed by atoms with Gasteiger partial charge in [-0.2, -0.15) is 0 Å². The van der Waals surface area contributed by atoms with Crippen LogP contribution >= 0.6 is 15.9 Å². The third-order valence-corrected chi connectivity index (χ3v) is 6.71. The Morgan fingerprint density at radius 2 is 1.83 bits per heavy atom. The van der Waals surface area contributed by atoms with Crippen molar-refractivity contribution in [2.45, 2.75) is 65.8 Å². The normalized spacial score (nSPS) is 21.6. The first kappa shape index (κ1) is 20.5. The third kappa shape index (κ3) is 4.37. The first-order valence-electron chi connectivity index (χ1n) is 10.8. The zero-order valence-electron chi connectivity index (χ0n) is 18.2. The summed E-state index contributed by atoms with van der Waals surface area (Å²) in [6.45, 7) is 11.7. The van der Waals surface area contributed by atoms with Gasteiger partial charge in [0.1, 0.15) is 0 Å². The first-order chi connectivity index (χ1) is 13.7. The summed E-state index contributed by atoms with van der Waals surface area (Å²) < 4.78 is 3.52. The Balaban J connectivity index is 1.75. The van der Waals surface area contributed by atoms with Crippen molar-refractivity contribution in [3.8, 4) is 0 Å². The number of benzene rings is 2. The zero-order chi connectivity index (χ0) is 20.8. The molecule has 0 amide bonds. The highest BCUT2D eigenvalue weighted by Crippen LogP contribution is 2.46. The number of nitrogens with zero attached hydrogens (tertiary/aromatic N) is 2. The van der Waals surface area contributed by atoms with Gasteiger partial charge in [0.15, 0.2) is 0 Å². The molecule has 1 fully saturated rings. The number of hydrogen-bond acceptors (Lipinski definition) is 2. The summed E-state index contributed by atoms with van der Waals surface area (Å²) in [7, 11) is 0. The standard InChI is InChI=1S/C25H32BrN3/c1-16(2)18-6-9-20(10-7-18)27-24-28-22-13-19(26)8-11-23(22)29(24)21-12-17(3)14-25(4,5)15-21/h6-11,13,16-17,21H,12,14-15H2,1-5H3,(H,27,28)/t17-,21+/m0/s1. The molecule has 1 N–H and O–H groups in total. The second-order valence-corrected chi connectivity index (χ2v) is 10.8. The predicted octanol–water partition coefficient (Wildman–Crippen LogP) is 8.05. The van der Waals surface area contributed by atoms with E-state index in [0.29, 0.717) is 17.4 Å². The lowest BCUT2D eigenvalue weighted by atomic mass is 9.70. The molecule has 4 heteroatoms. The van der Waals surface area contributed by atoms with E-state index in [1.165, 1.54) is 30.3 Å². The van der Waals surface area contributed by atoms with Crippen LogP contribution in [-0.4, -0.2) is 9.55 Å². The molecule has 29 heavy (non-hydrogen) atoms. The first-order valence-corrected chi connectivity index (χ1v) is 11.6. The van der Waals surface area contributed by atoms with Crippen LogP contribution in [0.15, 0.2) is 46.9 Å². The van der Waals surface area contributed by atoms with E-state index in [1.54, 1.807) is 0 Å². The Kier molecular flexibility index (Phi) is 5.50. The molecule has 154 valence electrons. The topological polar surface area (TPSA) is 29.9 Å². The number of hydrogen-bond donors (Lipinski definition) is 1. The molecule has 0 saturated heterocycles. The molecule has 1 aromatic heterocycles. The molecule has 0 unspecified atom stereocenters. The van der Waals surface area contributed by atoms with Crippen LogP contribution in [0.5, 0.6) is 0 Å². The Labute approximate surface area is 183 Å². The number of halogens is 1. The molecular weight excluding hydrogens is 422 g/mol. The molecule has 0 aliphatic heterocycles. The fourth-order valence-corrected chi connectivity index (χ4v) is 5.45. The van der Waals surface area contributed by atoms with Gasteiger partial charge >= 0.3 is 0 Å². The average Bonchev–Trinajstić information content (AvgIpc) is 2.97. The van der Waals surface area contributed by atoms with E-state index >= 15 is 0 Å². The van der Waals surface area contributed by atoms with Crippen LogP contribution in [0.4, 0.5) is 11.6 Å². The van der Waals surface area contributed by atoms with Crippen molar-refractivity contribution < 1.29 is 0 Å². The maximum absolute atomic E-state index is 5.00. The Bertz CT molecular complexity index is 1000. The van der Waals surface area contributed by atoms with Crippen molar-refractivity contribution in [3.63, 3.8) is 0 Å². The molecule has 2 aromatic carbocycles. The Hall–Kier alpha value is -1.81. The van der Waals surface area contributed by atoms with Crippen molar-refractivity contribution in [2.75, 3.05) is 5.32 Å². The maximum Gasteiger partial charge on any atom is 0.208 e. The summed E-state index contributed by atoms with van der Waals surface area (Å²) in [5, 5.41) is 3.62. The van der Waals surface area contributed by atoms with Gasteiger partial charge in [0.05, 0.1) is 11.0 Å². The molecule has 3 nitrogen and oxygen atoms in total. The fraction of sp³-hybridized carbons (Fsp3) is 0.480. The summed E-state index contributed by atoms with van der Waals surface area (Å²) in [5.74, 6) is 2.21. The molecule has 1 saturated carbocycles. The lowest BCUT2D eigenvalue weighted by Crippen LogP contribution is -2.29. The number of aromatic nitrogens is 2.